The number of nitrogens with zero attached hydrogens (tertiary/aromatic N) is 3. The molecule has 1 saturated heterocycles. The quantitative estimate of drug-likeness (QED) is 0.717. The third-order valence-electron chi connectivity index (χ3n) is 6.12. The molecule has 1 fully saturated rings. The molecular weight excluding hydrogens is 362 g/mol. The molecule has 29 heavy (non-hydrogen) atoms. The van der Waals surface area contributed by atoms with Gasteiger partial charge in [-0.3, -0.25) is 9.78 Å². The number of benzene rings is 1. The summed E-state index contributed by atoms with van der Waals surface area (Å²) in [5.74, 6) is -0.395. The van der Waals surface area contributed by atoms with Gasteiger partial charge in [0.15, 0.2) is 0 Å². The number of primary amides is 1. The van der Waals surface area contributed by atoms with Crippen LogP contribution in [0.25, 0.3) is 0 Å². The molecule has 6 nitrogen and oxygen atoms in total. The summed E-state index contributed by atoms with van der Waals surface area (Å²) in [4.78, 5) is 20.8. The van der Waals surface area contributed by atoms with Crippen molar-refractivity contribution >= 4 is 11.6 Å². The van der Waals surface area contributed by atoms with Crippen LogP contribution in [0, 0.1) is 6.92 Å². The summed E-state index contributed by atoms with van der Waals surface area (Å²) in [5.41, 5.74) is 15.3. The number of hydrogen-bond acceptors (Lipinski definition) is 5. The number of aromatic nitrogens is 1. The predicted octanol–water partition coefficient (Wildman–Crippen LogP) is 2.70. The minimum Gasteiger partial charge on any atom is -0.366 e. The number of carbonyl (C=O) groups excluding carboxylic acids is 1. The molecule has 156 valence electrons. The van der Waals surface area contributed by atoms with Gasteiger partial charge in [0.25, 0.3) is 0 Å². The van der Waals surface area contributed by atoms with Crippen LogP contribution in [-0.2, 0) is 6.54 Å². The number of likely N-dealkylation sites (tertiary alicyclic amines) is 1. The summed E-state index contributed by atoms with van der Waals surface area (Å²) in [5, 5.41) is 0. The minimum atomic E-state index is -0.395. The van der Waals surface area contributed by atoms with E-state index in [2.05, 4.69) is 34.7 Å². The maximum atomic E-state index is 11.5. The first-order valence-corrected chi connectivity index (χ1v) is 10.5. The third-order valence-corrected chi connectivity index (χ3v) is 6.12. The zero-order chi connectivity index (χ0) is 20.8. The fourth-order valence-electron chi connectivity index (χ4n) is 4.16. The van der Waals surface area contributed by atoms with Gasteiger partial charge in [-0.05, 0) is 81.1 Å². The molecule has 2 aromatic rings. The van der Waals surface area contributed by atoms with Crippen LogP contribution in [0.15, 0.2) is 42.7 Å². The van der Waals surface area contributed by atoms with E-state index >= 15 is 0 Å². The van der Waals surface area contributed by atoms with Crippen molar-refractivity contribution in [2.24, 2.45) is 11.5 Å². The second-order valence-electron chi connectivity index (χ2n) is 8.03. The summed E-state index contributed by atoms with van der Waals surface area (Å²) in [6.45, 7) is 8.09. The number of rotatable bonds is 8. The first kappa shape index (κ1) is 21.3. The van der Waals surface area contributed by atoms with E-state index in [1.165, 1.54) is 11.1 Å². The first-order chi connectivity index (χ1) is 14.0. The van der Waals surface area contributed by atoms with E-state index in [0.717, 1.165) is 51.1 Å². The van der Waals surface area contributed by atoms with E-state index in [9.17, 15) is 4.79 Å². The van der Waals surface area contributed by atoms with Crippen molar-refractivity contribution in [1.29, 1.82) is 0 Å². The maximum Gasteiger partial charge on any atom is 0.248 e. The standard InChI is InChI=1S/C23H33N5O/c1-17-8-12-26-15-20(17)16-28(21-5-3-19(4-6-21)23(25)29)22-9-13-27(14-10-22)18(2)7-11-24/h3-6,8,12,15,18,22H,7,9-11,13-14,16,24H2,1-2H3,(H2,25,29). The molecule has 0 radical (unpaired) electrons. The number of piperidine rings is 1. The zero-order valence-electron chi connectivity index (χ0n) is 17.6. The van der Waals surface area contributed by atoms with Gasteiger partial charge in [0.05, 0.1) is 0 Å². The van der Waals surface area contributed by atoms with E-state index < -0.39 is 5.91 Å². The monoisotopic (exact) mass is 395 g/mol. The van der Waals surface area contributed by atoms with Gasteiger partial charge >= 0.3 is 0 Å². The molecule has 0 aliphatic carbocycles. The summed E-state index contributed by atoms with van der Waals surface area (Å²) in [6.07, 6.45) is 7.04. The lowest BCUT2D eigenvalue weighted by Crippen LogP contribution is -2.47. The Labute approximate surface area is 173 Å². The van der Waals surface area contributed by atoms with Gasteiger partial charge in [-0.1, -0.05) is 0 Å². The highest BCUT2D eigenvalue weighted by Gasteiger charge is 2.27. The molecule has 0 bridgehead atoms. The van der Waals surface area contributed by atoms with E-state index in [-0.39, 0.29) is 0 Å². The van der Waals surface area contributed by atoms with Crippen LogP contribution in [-0.4, -0.2) is 47.5 Å². The predicted molar refractivity (Wildman–Crippen MR) is 118 cm³/mol. The van der Waals surface area contributed by atoms with Crippen molar-refractivity contribution in [2.45, 2.75) is 51.7 Å². The van der Waals surface area contributed by atoms with E-state index in [1.54, 1.807) is 0 Å². The average Bonchev–Trinajstić information content (AvgIpc) is 2.73. The Balaban J connectivity index is 1.80. The molecule has 1 aliphatic rings. The molecular formula is C23H33N5O. The molecule has 1 atom stereocenters. The Morgan fingerprint density at radius 3 is 2.52 bits per heavy atom. The van der Waals surface area contributed by atoms with Crippen LogP contribution < -0.4 is 16.4 Å². The van der Waals surface area contributed by atoms with Crippen LogP contribution in [0.2, 0.25) is 0 Å². The smallest absolute Gasteiger partial charge is 0.248 e. The second kappa shape index (κ2) is 9.85. The van der Waals surface area contributed by atoms with Crippen LogP contribution in [0.4, 0.5) is 5.69 Å². The number of pyridine rings is 1. The van der Waals surface area contributed by atoms with E-state index in [1.807, 2.05) is 36.7 Å². The van der Waals surface area contributed by atoms with Gasteiger partial charge in [0.2, 0.25) is 5.91 Å². The molecule has 1 aromatic carbocycles. The van der Waals surface area contributed by atoms with Crippen LogP contribution in [0.3, 0.4) is 0 Å². The van der Waals surface area contributed by atoms with Gasteiger partial charge in [-0.2, -0.15) is 0 Å². The molecule has 1 aromatic heterocycles. The van der Waals surface area contributed by atoms with Crippen molar-refractivity contribution in [3.8, 4) is 0 Å². The number of nitrogens with two attached hydrogens (primary N) is 2. The molecule has 2 heterocycles. The summed E-state index contributed by atoms with van der Waals surface area (Å²) >= 11 is 0. The fourth-order valence-corrected chi connectivity index (χ4v) is 4.16. The molecule has 0 spiro atoms. The molecule has 1 amide bonds. The lowest BCUT2D eigenvalue weighted by molar-refractivity contribution is 0.100. The van der Waals surface area contributed by atoms with Gasteiger partial charge in [0.1, 0.15) is 0 Å². The fraction of sp³-hybridized carbons (Fsp3) is 0.478. The van der Waals surface area contributed by atoms with Crippen LogP contribution in [0.1, 0.15) is 47.7 Å². The SMILES string of the molecule is Cc1ccncc1CN(c1ccc(C(N)=O)cc1)C1CCN(C(C)CCN)CC1. The lowest BCUT2D eigenvalue weighted by Gasteiger charge is -2.42. The largest absolute Gasteiger partial charge is 0.366 e. The first-order valence-electron chi connectivity index (χ1n) is 10.5. The molecule has 1 aliphatic heterocycles. The van der Waals surface area contributed by atoms with E-state index in [0.29, 0.717) is 17.6 Å². The lowest BCUT2D eigenvalue weighted by atomic mass is 9.98. The van der Waals surface area contributed by atoms with Crippen molar-refractivity contribution in [3.05, 3.63) is 59.4 Å². The van der Waals surface area contributed by atoms with Crippen molar-refractivity contribution in [3.63, 3.8) is 0 Å². The Morgan fingerprint density at radius 2 is 1.93 bits per heavy atom. The zero-order valence-corrected chi connectivity index (χ0v) is 17.6. The van der Waals surface area contributed by atoms with Crippen LogP contribution >= 0.6 is 0 Å². The Kier molecular flexibility index (Phi) is 7.23. The molecule has 6 heteroatoms. The summed E-state index contributed by atoms with van der Waals surface area (Å²) in [6, 6.07) is 10.7. The number of aryl methyl sites for hydroxylation is 1. The molecule has 3 rings (SSSR count). The number of carbonyl (C=O) groups is 1. The summed E-state index contributed by atoms with van der Waals surface area (Å²) in [7, 11) is 0. The van der Waals surface area contributed by atoms with Crippen molar-refractivity contribution in [2.75, 3.05) is 24.5 Å². The minimum absolute atomic E-state index is 0.395. The number of amides is 1. The second-order valence-corrected chi connectivity index (χ2v) is 8.03. The highest BCUT2D eigenvalue weighted by molar-refractivity contribution is 5.93. The van der Waals surface area contributed by atoms with Gasteiger partial charge in [-0.15, -0.1) is 0 Å². The Bertz CT molecular complexity index is 799. The normalized spacial score (nSPS) is 16.5. The average molecular weight is 396 g/mol. The molecule has 0 saturated carbocycles. The number of hydrogen-bond donors (Lipinski definition) is 2. The number of anilines is 1. The Morgan fingerprint density at radius 1 is 1.24 bits per heavy atom. The van der Waals surface area contributed by atoms with Gasteiger partial charge < -0.3 is 21.3 Å². The summed E-state index contributed by atoms with van der Waals surface area (Å²) < 4.78 is 0. The van der Waals surface area contributed by atoms with Crippen molar-refractivity contribution < 1.29 is 4.79 Å². The third kappa shape index (κ3) is 5.34. The molecule has 4 N–H and O–H groups in total. The Hall–Kier alpha value is -2.44. The van der Waals surface area contributed by atoms with Crippen molar-refractivity contribution in [1.82, 2.24) is 9.88 Å². The maximum absolute atomic E-state index is 11.5. The van der Waals surface area contributed by atoms with Crippen LogP contribution in [0.5, 0.6) is 0 Å². The van der Waals surface area contributed by atoms with E-state index in [4.69, 9.17) is 11.5 Å². The van der Waals surface area contributed by atoms with Gasteiger partial charge in [0, 0.05) is 55.4 Å². The molecule has 1 unspecified atom stereocenters. The highest BCUT2D eigenvalue weighted by Crippen LogP contribution is 2.27. The highest BCUT2D eigenvalue weighted by atomic mass is 16.1. The van der Waals surface area contributed by atoms with Gasteiger partial charge in [-0.25, -0.2) is 0 Å². The topological polar surface area (TPSA) is 88.5 Å².